The fraction of sp³-hybridized carbons (Fsp3) is 0.125. The van der Waals surface area contributed by atoms with Crippen LogP contribution in [-0.2, 0) is 9.84 Å². The van der Waals surface area contributed by atoms with Crippen LogP contribution in [0.15, 0.2) is 51.2 Å². The van der Waals surface area contributed by atoms with Gasteiger partial charge >= 0.3 is 0 Å². The zero-order chi connectivity index (χ0) is 18.0. The number of phenols is 1. The Morgan fingerprint density at radius 2 is 2.12 bits per heavy atom. The molecule has 0 aliphatic heterocycles. The molecule has 0 fully saturated rings. The summed E-state index contributed by atoms with van der Waals surface area (Å²) in [4.78, 5) is 13.1. The monoisotopic (exact) mass is 378 g/mol. The number of aromatic nitrogens is 1. The Balaban J connectivity index is 1.85. The molecule has 2 N–H and O–H groups in total. The smallest absolute Gasteiger partial charge is 0.277 e. The number of carbonyl (C=O) groups excluding carboxylic acids is 1. The molecule has 0 atom stereocenters. The number of amides is 1. The minimum atomic E-state index is -3.46. The molecule has 0 radical (unpaired) electrons. The zero-order valence-electron chi connectivity index (χ0n) is 13.1. The van der Waals surface area contributed by atoms with Crippen LogP contribution in [0.3, 0.4) is 0 Å². The Labute approximate surface area is 147 Å². The zero-order valence-corrected chi connectivity index (χ0v) is 14.7. The maximum absolute atomic E-state index is 12.3. The molecule has 0 saturated carbocycles. The lowest BCUT2D eigenvalue weighted by molar-refractivity contribution is 0.101. The maximum Gasteiger partial charge on any atom is 0.277 e. The van der Waals surface area contributed by atoms with Gasteiger partial charge in [0.2, 0.25) is 0 Å². The molecule has 0 spiro atoms. The van der Waals surface area contributed by atoms with Gasteiger partial charge in [-0.15, -0.1) is 11.3 Å². The van der Waals surface area contributed by atoms with Crippen molar-refractivity contribution in [1.82, 2.24) is 5.16 Å². The molecule has 3 rings (SSSR count). The third-order valence-electron chi connectivity index (χ3n) is 3.46. The minimum absolute atomic E-state index is 0.0137. The third kappa shape index (κ3) is 3.57. The van der Waals surface area contributed by atoms with E-state index in [0.717, 1.165) is 4.88 Å². The number of nitrogens with one attached hydrogen (secondary N) is 1. The van der Waals surface area contributed by atoms with E-state index in [2.05, 4.69) is 10.5 Å². The molecule has 0 saturated heterocycles. The summed E-state index contributed by atoms with van der Waals surface area (Å²) in [6, 6.07) is 8.88. The van der Waals surface area contributed by atoms with Crippen LogP contribution in [0.4, 0.5) is 5.69 Å². The number of nitrogens with zero attached hydrogens (tertiary/aromatic N) is 1. The van der Waals surface area contributed by atoms with Crippen LogP contribution in [0, 0.1) is 0 Å². The molecule has 2 aromatic heterocycles. The van der Waals surface area contributed by atoms with Gasteiger partial charge in [0.05, 0.1) is 21.2 Å². The third-order valence-corrected chi connectivity index (χ3v) is 6.08. The first-order chi connectivity index (χ1) is 11.9. The summed E-state index contributed by atoms with van der Waals surface area (Å²) in [5, 5.41) is 17.9. The maximum atomic E-state index is 12.3. The summed E-state index contributed by atoms with van der Waals surface area (Å²) in [6.07, 6.45) is 0. The Morgan fingerprint density at radius 1 is 1.32 bits per heavy atom. The van der Waals surface area contributed by atoms with E-state index in [4.69, 9.17) is 4.52 Å². The summed E-state index contributed by atoms with van der Waals surface area (Å²) >= 11 is 1.44. The number of phenolic OH excluding ortho intramolecular Hbond substituents is 1. The molecule has 25 heavy (non-hydrogen) atoms. The first kappa shape index (κ1) is 17.2. The number of hydrogen-bond donors (Lipinski definition) is 2. The largest absolute Gasteiger partial charge is 0.506 e. The van der Waals surface area contributed by atoms with E-state index in [9.17, 15) is 18.3 Å². The summed E-state index contributed by atoms with van der Waals surface area (Å²) in [5.41, 5.74) is 0.00625. The number of benzene rings is 1. The molecule has 9 heteroatoms. The van der Waals surface area contributed by atoms with E-state index >= 15 is 0 Å². The van der Waals surface area contributed by atoms with Crippen molar-refractivity contribution >= 4 is 32.8 Å². The fourth-order valence-corrected chi connectivity index (χ4v) is 3.66. The van der Waals surface area contributed by atoms with Gasteiger partial charge in [-0.25, -0.2) is 8.42 Å². The van der Waals surface area contributed by atoms with Gasteiger partial charge in [0.25, 0.3) is 5.91 Å². The molecule has 2 heterocycles. The average molecular weight is 378 g/mol. The number of sulfone groups is 1. The van der Waals surface area contributed by atoms with Gasteiger partial charge in [-0.05, 0) is 29.6 Å². The number of hydrogen-bond acceptors (Lipinski definition) is 7. The van der Waals surface area contributed by atoms with Crippen LogP contribution in [0.2, 0.25) is 0 Å². The van der Waals surface area contributed by atoms with Crippen molar-refractivity contribution in [2.45, 2.75) is 11.8 Å². The van der Waals surface area contributed by atoms with Crippen molar-refractivity contribution in [3.8, 4) is 16.4 Å². The van der Waals surface area contributed by atoms with Gasteiger partial charge in [0.15, 0.2) is 21.3 Å². The summed E-state index contributed by atoms with van der Waals surface area (Å²) in [5.74, 6) is -0.497. The van der Waals surface area contributed by atoms with Crippen LogP contribution in [-0.4, -0.2) is 30.3 Å². The standard InChI is InChI=1S/C16H14N2O5S2/c1-2-25(21,22)10-5-6-13(19)11(8-10)17-16(20)12-9-14(23-18-12)15-4-3-7-24-15/h3-9,19H,2H2,1H3,(H,17,20). The predicted octanol–water partition coefficient (Wildman–Crippen LogP) is 3.15. The van der Waals surface area contributed by atoms with E-state index in [1.54, 1.807) is 0 Å². The second kappa shape index (κ2) is 6.69. The molecule has 0 unspecified atom stereocenters. The van der Waals surface area contributed by atoms with Crippen LogP contribution in [0.25, 0.3) is 10.6 Å². The van der Waals surface area contributed by atoms with Crippen LogP contribution >= 0.6 is 11.3 Å². The van der Waals surface area contributed by atoms with Gasteiger partial charge in [-0.1, -0.05) is 18.1 Å². The quantitative estimate of drug-likeness (QED) is 0.660. The van der Waals surface area contributed by atoms with E-state index in [0.29, 0.717) is 5.76 Å². The SMILES string of the molecule is CCS(=O)(=O)c1ccc(O)c(NC(=O)c2cc(-c3cccs3)on2)c1. The molecule has 0 bridgehead atoms. The van der Waals surface area contributed by atoms with Gasteiger partial charge in [0.1, 0.15) is 5.75 Å². The first-order valence-electron chi connectivity index (χ1n) is 7.28. The van der Waals surface area contributed by atoms with Crippen LogP contribution < -0.4 is 5.32 Å². The highest BCUT2D eigenvalue weighted by atomic mass is 32.2. The molecule has 0 aliphatic rings. The Morgan fingerprint density at radius 3 is 2.80 bits per heavy atom. The topological polar surface area (TPSA) is 110 Å². The first-order valence-corrected chi connectivity index (χ1v) is 9.81. The van der Waals surface area contributed by atoms with E-state index in [1.807, 2.05) is 17.5 Å². The fourth-order valence-electron chi connectivity index (χ4n) is 2.08. The van der Waals surface area contributed by atoms with Crippen molar-refractivity contribution in [1.29, 1.82) is 0 Å². The minimum Gasteiger partial charge on any atom is -0.506 e. The molecule has 130 valence electrons. The molecule has 1 amide bonds. The Kier molecular flexibility index (Phi) is 4.60. The van der Waals surface area contributed by atoms with Crippen LogP contribution in [0.5, 0.6) is 5.75 Å². The number of carbonyl (C=O) groups is 1. The average Bonchev–Trinajstić information content (AvgIpc) is 3.27. The lowest BCUT2D eigenvalue weighted by atomic mass is 10.2. The highest BCUT2D eigenvalue weighted by Gasteiger charge is 2.18. The van der Waals surface area contributed by atoms with Gasteiger partial charge in [0, 0.05) is 6.07 Å². The lowest BCUT2D eigenvalue weighted by Gasteiger charge is -2.08. The Hall–Kier alpha value is -2.65. The summed E-state index contributed by atoms with van der Waals surface area (Å²) in [6.45, 7) is 1.52. The van der Waals surface area contributed by atoms with E-state index < -0.39 is 15.7 Å². The van der Waals surface area contributed by atoms with E-state index in [1.165, 1.54) is 42.5 Å². The number of anilines is 1. The number of thiophene rings is 1. The molecule has 7 nitrogen and oxygen atoms in total. The van der Waals surface area contributed by atoms with Gasteiger partial charge < -0.3 is 14.9 Å². The van der Waals surface area contributed by atoms with Crippen molar-refractivity contribution in [3.63, 3.8) is 0 Å². The van der Waals surface area contributed by atoms with Crippen molar-refractivity contribution in [2.24, 2.45) is 0 Å². The van der Waals surface area contributed by atoms with Crippen molar-refractivity contribution in [3.05, 3.63) is 47.5 Å². The molecule has 1 aromatic carbocycles. The second-order valence-electron chi connectivity index (χ2n) is 5.09. The summed E-state index contributed by atoms with van der Waals surface area (Å²) < 4.78 is 29.0. The van der Waals surface area contributed by atoms with E-state index in [-0.39, 0.29) is 27.8 Å². The van der Waals surface area contributed by atoms with Gasteiger partial charge in [-0.3, -0.25) is 4.79 Å². The molecular weight excluding hydrogens is 364 g/mol. The normalized spacial score (nSPS) is 11.4. The second-order valence-corrected chi connectivity index (χ2v) is 8.32. The highest BCUT2D eigenvalue weighted by molar-refractivity contribution is 7.91. The number of aromatic hydroxyl groups is 1. The predicted molar refractivity (Wildman–Crippen MR) is 93.6 cm³/mol. The van der Waals surface area contributed by atoms with Crippen LogP contribution in [0.1, 0.15) is 17.4 Å². The van der Waals surface area contributed by atoms with Crippen molar-refractivity contribution in [2.75, 3.05) is 11.1 Å². The number of rotatable bonds is 5. The Bertz CT molecular complexity index is 1010. The lowest BCUT2D eigenvalue weighted by Crippen LogP contribution is -2.13. The highest BCUT2D eigenvalue weighted by Crippen LogP contribution is 2.28. The molecule has 0 aliphatic carbocycles. The summed E-state index contributed by atoms with van der Waals surface area (Å²) in [7, 11) is -3.46. The molecular formula is C16H14N2O5S2. The van der Waals surface area contributed by atoms with Crippen molar-refractivity contribution < 1.29 is 22.8 Å². The van der Waals surface area contributed by atoms with Gasteiger partial charge in [-0.2, -0.15) is 0 Å². The molecule has 3 aromatic rings.